The van der Waals surface area contributed by atoms with E-state index in [2.05, 4.69) is 21.2 Å². The minimum Gasteiger partial charge on any atom is -0.369 e. The van der Waals surface area contributed by atoms with Gasteiger partial charge < -0.3 is 10.2 Å². The topological polar surface area (TPSA) is 42.3 Å². The number of hydrogen-bond donors (Lipinski definition) is 1. The Morgan fingerprint density at radius 2 is 1.90 bits per heavy atom. The van der Waals surface area contributed by atoms with Gasteiger partial charge in [-0.15, -0.1) is 0 Å². The predicted octanol–water partition coefficient (Wildman–Crippen LogP) is 1.45. The van der Waals surface area contributed by atoms with Gasteiger partial charge in [0.1, 0.15) is 11.9 Å². The summed E-state index contributed by atoms with van der Waals surface area (Å²) in [5.74, 6) is -0.199. The summed E-state index contributed by atoms with van der Waals surface area (Å²) >= 11 is 0. The van der Waals surface area contributed by atoms with E-state index in [0.717, 1.165) is 45.0 Å². The minimum atomic E-state index is -0.199. The number of rotatable bonds is 5. The Balaban J connectivity index is 1.83. The maximum atomic E-state index is 12.9. The highest BCUT2D eigenvalue weighted by atomic mass is 19.1. The molecule has 2 rings (SSSR count). The van der Waals surface area contributed by atoms with Crippen LogP contribution < -0.4 is 10.2 Å². The maximum Gasteiger partial charge on any atom is 0.123 e. The summed E-state index contributed by atoms with van der Waals surface area (Å²) in [6.07, 6.45) is 0. The molecule has 0 saturated carbocycles. The number of likely N-dealkylation sites (N-methyl/N-ethyl adjacent to an activating group) is 1. The molecule has 0 radical (unpaired) electrons. The van der Waals surface area contributed by atoms with Gasteiger partial charge in [0.2, 0.25) is 0 Å². The number of hydrogen-bond acceptors (Lipinski definition) is 4. The number of anilines is 1. The number of piperazine rings is 1. The number of benzene rings is 1. The molecule has 1 N–H and O–H groups in total. The Hall–Kier alpha value is -1.64. The smallest absolute Gasteiger partial charge is 0.123 e. The van der Waals surface area contributed by atoms with Crippen LogP contribution in [-0.2, 0) is 0 Å². The Morgan fingerprint density at radius 3 is 2.45 bits per heavy atom. The number of nitrogens with zero attached hydrogens (tertiary/aromatic N) is 3. The highest BCUT2D eigenvalue weighted by molar-refractivity contribution is 5.46. The van der Waals surface area contributed by atoms with Crippen molar-refractivity contribution in [1.82, 2.24) is 10.2 Å². The molecule has 108 valence electrons. The van der Waals surface area contributed by atoms with Crippen molar-refractivity contribution in [3.63, 3.8) is 0 Å². The molecule has 1 aliphatic rings. The van der Waals surface area contributed by atoms with Crippen LogP contribution >= 0.6 is 0 Å². The lowest BCUT2D eigenvalue weighted by atomic mass is 10.2. The third kappa shape index (κ3) is 3.92. The van der Waals surface area contributed by atoms with Gasteiger partial charge in [-0.3, -0.25) is 4.90 Å². The lowest BCUT2D eigenvalue weighted by molar-refractivity contribution is 0.244. The molecule has 0 amide bonds. The molecule has 0 spiro atoms. The first-order chi connectivity index (χ1) is 9.72. The van der Waals surface area contributed by atoms with Crippen LogP contribution in [-0.4, -0.2) is 50.2 Å². The van der Waals surface area contributed by atoms with Crippen molar-refractivity contribution in [3.05, 3.63) is 30.1 Å². The minimum absolute atomic E-state index is 0.0997. The second-order valence-corrected chi connectivity index (χ2v) is 5.00. The fourth-order valence-corrected chi connectivity index (χ4v) is 2.50. The fraction of sp³-hybridized carbons (Fsp3) is 0.533. The van der Waals surface area contributed by atoms with E-state index in [-0.39, 0.29) is 11.9 Å². The van der Waals surface area contributed by atoms with Crippen molar-refractivity contribution in [1.29, 1.82) is 5.26 Å². The van der Waals surface area contributed by atoms with Crippen molar-refractivity contribution in [2.24, 2.45) is 0 Å². The Bertz CT molecular complexity index is 446. The van der Waals surface area contributed by atoms with Crippen LogP contribution in [0.3, 0.4) is 0 Å². The van der Waals surface area contributed by atoms with Crippen LogP contribution in [0.25, 0.3) is 0 Å². The molecule has 1 aromatic rings. The number of nitriles is 1. The van der Waals surface area contributed by atoms with E-state index in [1.807, 2.05) is 19.1 Å². The molecular formula is C15H21FN4. The largest absolute Gasteiger partial charge is 0.369 e. The first-order valence-electron chi connectivity index (χ1n) is 7.08. The van der Waals surface area contributed by atoms with Gasteiger partial charge in [0.25, 0.3) is 0 Å². The Morgan fingerprint density at radius 1 is 1.25 bits per heavy atom. The summed E-state index contributed by atoms with van der Waals surface area (Å²) in [6.45, 7) is 7.28. The van der Waals surface area contributed by atoms with Crippen LogP contribution in [0.2, 0.25) is 0 Å². The summed E-state index contributed by atoms with van der Waals surface area (Å²) < 4.78 is 12.9. The molecule has 1 heterocycles. The molecule has 1 aromatic carbocycles. The van der Waals surface area contributed by atoms with Crippen molar-refractivity contribution in [2.45, 2.75) is 13.0 Å². The van der Waals surface area contributed by atoms with Gasteiger partial charge >= 0.3 is 0 Å². The zero-order chi connectivity index (χ0) is 14.4. The second-order valence-electron chi connectivity index (χ2n) is 5.00. The molecule has 1 unspecified atom stereocenters. The number of halogens is 1. The molecule has 1 aliphatic heterocycles. The summed E-state index contributed by atoms with van der Waals surface area (Å²) in [7, 11) is 0. The maximum absolute atomic E-state index is 12.9. The van der Waals surface area contributed by atoms with Crippen LogP contribution in [0.4, 0.5) is 10.1 Å². The average Bonchev–Trinajstić information content (AvgIpc) is 2.48. The van der Waals surface area contributed by atoms with Crippen molar-refractivity contribution in [2.75, 3.05) is 44.2 Å². The van der Waals surface area contributed by atoms with Crippen LogP contribution in [0.1, 0.15) is 6.92 Å². The zero-order valence-electron chi connectivity index (χ0n) is 11.8. The van der Waals surface area contributed by atoms with Crippen molar-refractivity contribution in [3.8, 4) is 6.07 Å². The summed E-state index contributed by atoms with van der Waals surface area (Å²) in [5.41, 5.74) is 1.06. The van der Waals surface area contributed by atoms with E-state index in [9.17, 15) is 4.39 Å². The van der Waals surface area contributed by atoms with Gasteiger partial charge in [0.05, 0.1) is 6.07 Å². The van der Waals surface area contributed by atoms with E-state index < -0.39 is 0 Å². The third-order valence-electron chi connectivity index (χ3n) is 3.61. The van der Waals surface area contributed by atoms with Gasteiger partial charge in [0, 0.05) is 38.4 Å². The molecule has 1 atom stereocenters. The van der Waals surface area contributed by atoms with Gasteiger partial charge in [-0.05, 0) is 30.8 Å². The monoisotopic (exact) mass is 276 g/mol. The molecule has 20 heavy (non-hydrogen) atoms. The van der Waals surface area contributed by atoms with E-state index in [4.69, 9.17) is 5.26 Å². The molecule has 1 fully saturated rings. The quantitative estimate of drug-likeness (QED) is 0.884. The lowest BCUT2D eigenvalue weighted by Gasteiger charge is -2.36. The van der Waals surface area contributed by atoms with Crippen LogP contribution in [0.5, 0.6) is 0 Å². The SMILES string of the molecule is CCNC(C#N)CN1CCN(c2ccc(F)cc2)CC1. The highest BCUT2D eigenvalue weighted by Gasteiger charge is 2.19. The molecule has 0 aliphatic carbocycles. The highest BCUT2D eigenvalue weighted by Crippen LogP contribution is 2.16. The van der Waals surface area contributed by atoms with E-state index in [1.165, 1.54) is 12.1 Å². The normalized spacial score (nSPS) is 17.8. The van der Waals surface area contributed by atoms with Gasteiger partial charge in [-0.2, -0.15) is 5.26 Å². The standard InChI is InChI=1S/C15H21FN4/c1-2-18-14(11-17)12-19-7-9-20(10-8-19)15-5-3-13(16)4-6-15/h3-6,14,18H,2,7-10,12H2,1H3. The van der Waals surface area contributed by atoms with Crippen molar-refractivity contribution < 1.29 is 4.39 Å². The Labute approximate surface area is 119 Å². The van der Waals surface area contributed by atoms with Crippen LogP contribution in [0, 0.1) is 17.1 Å². The third-order valence-corrected chi connectivity index (χ3v) is 3.61. The number of nitrogens with one attached hydrogen (secondary N) is 1. The molecule has 0 bridgehead atoms. The molecular weight excluding hydrogens is 255 g/mol. The fourth-order valence-electron chi connectivity index (χ4n) is 2.50. The van der Waals surface area contributed by atoms with E-state index >= 15 is 0 Å². The molecule has 4 nitrogen and oxygen atoms in total. The molecule has 0 aromatic heterocycles. The summed E-state index contributed by atoms with van der Waals surface area (Å²) in [5, 5.41) is 12.2. The first-order valence-corrected chi connectivity index (χ1v) is 7.08. The van der Waals surface area contributed by atoms with Crippen LogP contribution in [0.15, 0.2) is 24.3 Å². The first kappa shape index (κ1) is 14.8. The van der Waals surface area contributed by atoms with Gasteiger partial charge in [0.15, 0.2) is 0 Å². The molecule has 5 heteroatoms. The van der Waals surface area contributed by atoms with E-state index in [1.54, 1.807) is 0 Å². The van der Waals surface area contributed by atoms with Crippen molar-refractivity contribution >= 4 is 5.69 Å². The van der Waals surface area contributed by atoms with Gasteiger partial charge in [-0.1, -0.05) is 6.92 Å². The lowest BCUT2D eigenvalue weighted by Crippen LogP contribution is -2.50. The van der Waals surface area contributed by atoms with E-state index in [0.29, 0.717) is 0 Å². The molecule has 1 saturated heterocycles. The average molecular weight is 276 g/mol. The zero-order valence-corrected chi connectivity index (χ0v) is 11.8. The summed E-state index contributed by atoms with van der Waals surface area (Å²) in [4.78, 5) is 4.56. The Kier molecular flexibility index (Phi) is 5.33. The summed E-state index contributed by atoms with van der Waals surface area (Å²) in [6, 6.07) is 8.83. The van der Waals surface area contributed by atoms with Gasteiger partial charge in [-0.25, -0.2) is 4.39 Å². The second kappa shape index (κ2) is 7.22. The predicted molar refractivity (Wildman–Crippen MR) is 78.1 cm³/mol.